The summed E-state index contributed by atoms with van der Waals surface area (Å²) in [6.45, 7) is 7.03. The lowest BCUT2D eigenvalue weighted by Gasteiger charge is -2.12. The maximum absolute atomic E-state index is 2.45. The summed E-state index contributed by atoms with van der Waals surface area (Å²) in [6, 6.07) is 0. The number of allylic oxidation sites excluding steroid dienone is 1. The van der Waals surface area contributed by atoms with Crippen LogP contribution >= 0.6 is 0 Å². The average Bonchev–Trinajstić information content (AvgIpc) is 2.40. The van der Waals surface area contributed by atoms with E-state index >= 15 is 0 Å². The van der Waals surface area contributed by atoms with Crippen molar-refractivity contribution in [2.45, 2.75) is 39.5 Å². The maximum Gasteiger partial charge on any atom is 0.0173 e. The first-order valence-electron chi connectivity index (χ1n) is 4.74. The predicted molar refractivity (Wildman–Crippen MR) is 49.5 cm³/mol. The second-order valence-corrected chi connectivity index (χ2v) is 3.47. The van der Waals surface area contributed by atoms with E-state index in [1.165, 1.54) is 44.3 Å². The Morgan fingerprint density at radius 3 is 2.55 bits per heavy atom. The fourth-order valence-corrected chi connectivity index (χ4v) is 1.64. The summed E-state index contributed by atoms with van der Waals surface area (Å²) in [7, 11) is 0. The van der Waals surface area contributed by atoms with Gasteiger partial charge in [0.05, 0.1) is 0 Å². The molecule has 0 aliphatic carbocycles. The number of rotatable bonds is 3. The molecule has 0 saturated carbocycles. The molecule has 0 aromatic rings. The van der Waals surface area contributed by atoms with Gasteiger partial charge in [-0.25, -0.2) is 0 Å². The minimum atomic E-state index is 1.26. The summed E-state index contributed by atoms with van der Waals surface area (Å²) in [5, 5.41) is 0. The molecule has 1 heteroatoms. The summed E-state index contributed by atoms with van der Waals surface area (Å²) >= 11 is 0. The molecule has 1 rings (SSSR count). The van der Waals surface area contributed by atoms with Gasteiger partial charge in [0.15, 0.2) is 0 Å². The minimum absolute atomic E-state index is 1.26. The van der Waals surface area contributed by atoms with Crippen LogP contribution in [0.25, 0.3) is 0 Å². The molecule has 1 nitrogen and oxygen atoms in total. The molecule has 0 atom stereocenters. The largest absolute Gasteiger partial charge is 0.377 e. The van der Waals surface area contributed by atoms with E-state index in [9.17, 15) is 0 Å². The molecule has 0 amide bonds. The normalized spacial score (nSPS) is 19.5. The SMILES string of the molecule is CCC/C(C)=C/N1CCCC1. The van der Waals surface area contributed by atoms with Crippen molar-refractivity contribution in [2.24, 2.45) is 0 Å². The van der Waals surface area contributed by atoms with Gasteiger partial charge in [-0.15, -0.1) is 0 Å². The molecule has 0 spiro atoms. The van der Waals surface area contributed by atoms with E-state index in [0.717, 1.165) is 0 Å². The van der Waals surface area contributed by atoms with E-state index in [1.54, 1.807) is 0 Å². The summed E-state index contributed by atoms with van der Waals surface area (Å²) in [5.41, 5.74) is 1.54. The van der Waals surface area contributed by atoms with E-state index in [2.05, 4.69) is 24.9 Å². The van der Waals surface area contributed by atoms with Gasteiger partial charge in [-0.3, -0.25) is 0 Å². The number of likely N-dealkylation sites (tertiary alicyclic amines) is 1. The summed E-state index contributed by atoms with van der Waals surface area (Å²) < 4.78 is 0. The Labute approximate surface area is 70.1 Å². The second kappa shape index (κ2) is 4.42. The van der Waals surface area contributed by atoms with E-state index in [-0.39, 0.29) is 0 Å². The van der Waals surface area contributed by atoms with Crippen LogP contribution in [0.2, 0.25) is 0 Å². The fraction of sp³-hybridized carbons (Fsp3) is 0.800. The smallest absolute Gasteiger partial charge is 0.0173 e. The van der Waals surface area contributed by atoms with Crippen molar-refractivity contribution in [3.63, 3.8) is 0 Å². The highest BCUT2D eigenvalue weighted by Crippen LogP contribution is 2.11. The number of nitrogens with zero attached hydrogens (tertiary/aromatic N) is 1. The second-order valence-electron chi connectivity index (χ2n) is 3.47. The molecule has 0 N–H and O–H groups in total. The molecular weight excluding hydrogens is 134 g/mol. The van der Waals surface area contributed by atoms with Crippen LogP contribution in [0, 0.1) is 0 Å². The van der Waals surface area contributed by atoms with Crippen molar-refractivity contribution in [3.05, 3.63) is 11.8 Å². The Balaban J connectivity index is 2.30. The first kappa shape index (κ1) is 8.63. The third-order valence-corrected chi connectivity index (χ3v) is 2.19. The zero-order chi connectivity index (χ0) is 8.10. The van der Waals surface area contributed by atoms with Crippen molar-refractivity contribution in [1.82, 2.24) is 4.90 Å². The lowest BCUT2D eigenvalue weighted by atomic mass is 10.2. The van der Waals surface area contributed by atoms with Crippen molar-refractivity contribution < 1.29 is 0 Å². The van der Waals surface area contributed by atoms with E-state index in [0.29, 0.717) is 0 Å². The molecular formula is C10H19N. The third-order valence-electron chi connectivity index (χ3n) is 2.19. The van der Waals surface area contributed by atoms with Crippen LogP contribution < -0.4 is 0 Å². The molecule has 0 radical (unpaired) electrons. The van der Waals surface area contributed by atoms with Crippen molar-refractivity contribution in [3.8, 4) is 0 Å². The molecule has 0 bridgehead atoms. The highest BCUT2D eigenvalue weighted by Gasteiger charge is 2.06. The highest BCUT2D eigenvalue weighted by atomic mass is 15.1. The third kappa shape index (κ3) is 2.96. The van der Waals surface area contributed by atoms with Crippen LogP contribution in [0.4, 0.5) is 0 Å². The molecule has 1 fully saturated rings. The summed E-state index contributed by atoms with van der Waals surface area (Å²) in [4.78, 5) is 2.45. The van der Waals surface area contributed by atoms with Gasteiger partial charge in [0.25, 0.3) is 0 Å². The van der Waals surface area contributed by atoms with E-state index in [1.807, 2.05) is 0 Å². The molecule has 1 aliphatic heterocycles. The average molecular weight is 153 g/mol. The Kier molecular flexibility index (Phi) is 3.47. The van der Waals surface area contributed by atoms with Crippen LogP contribution in [0.1, 0.15) is 39.5 Å². The molecule has 0 aromatic carbocycles. The van der Waals surface area contributed by atoms with Gasteiger partial charge in [-0.1, -0.05) is 18.9 Å². The molecule has 0 unspecified atom stereocenters. The van der Waals surface area contributed by atoms with Crippen LogP contribution in [-0.2, 0) is 0 Å². The minimum Gasteiger partial charge on any atom is -0.377 e. The Bertz CT molecular complexity index is 132. The molecule has 64 valence electrons. The van der Waals surface area contributed by atoms with E-state index < -0.39 is 0 Å². The fourth-order valence-electron chi connectivity index (χ4n) is 1.64. The lowest BCUT2D eigenvalue weighted by molar-refractivity contribution is 0.462. The van der Waals surface area contributed by atoms with Gasteiger partial charge in [-0.2, -0.15) is 0 Å². The standard InChI is InChI=1S/C10H19N/c1-3-6-10(2)9-11-7-4-5-8-11/h9H,3-8H2,1-2H3/b10-9+. The van der Waals surface area contributed by atoms with Crippen molar-refractivity contribution in [1.29, 1.82) is 0 Å². The predicted octanol–water partition coefficient (Wildman–Crippen LogP) is 2.79. The number of hydrogen-bond donors (Lipinski definition) is 0. The molecule has 1 saturated heterocycles. The maximum atomic E-state index is 2.45. The van der Waals surface area contributed by atoms with Gasteiger partial charge in [-0.05, 0) is 32.4 Å². The highest BCUT2D eigenvalue weighted by molar-refractivity contribution is 4.98. The van der Waals surface area contributed by atoms with Gasteiger partial charge in [0.2, 0.25) is 0 Å². The van der Waals surface area contributed by atoms with Crippen LogP contribution in [0.5, 0.6) is 0 Å². The van der Waals surface area contributed by atoms with Crippen LogP contribution in [0.15, 0.2) is 11.8 Å². The monoisotopic (exact) mass is 153 g/mol. The Morgan fingerprint density at radius 2 is 2.00 bits per heavy atom. The molecule has 1 heterocycles. The number of hydrogen-bond acceptors (Lipinski definition) is 1. The first-order valence-corrected chi connectivity index (χ1v) is 4.74. The Morgan fingerprint density at radius 1 is 1.36 bits per heavy atom. The molecule has 11 heavy (non-hydrogen) atoms. The zero-order valence-electron chi connectivity index (χ0n) is 7.77. The van der Waals surface area contributed by atoms with Gasteiger partial charge in [0.1, 0.15) is 0 Å². The zero-order valence-corrected chi connectivity index (χ0v) is 7.77. The van der Waals surface area contributed by atoms with Gasteiger partial charge < -0.3 is 4.90 Å². The topological polar surface area (TPSA) is 3.24 Å². The van der Waals surface area contributed by atoms with Crippen molar-refractivity contribution >= 4 is 0 Å². The Hall–Kier alpha value is -0.460. The van der Waals surface area contributed by atoms with Crippen molar-refractivity contribution in [2.75, 3.05) is 13.1 Å². The van der Waals surface area contributed by atoms with Crippen LogP contribution in [-0.4, -0.2) is 18.0 Å². The molecule has 0 aromatic heterocycles. The molecule has 1 aliphatic rings. The first-order chi connectivity index (χ1) is 5.33. The van der Waals surface area contributed by atoms with E-state index in [4.69, 9.17) is 0 Å². The van der Waals surface area contributed by atoms with Gasteiger partial charge in [0, 0.05) is 13.1 Å². The summed E-state index contributed by atoms with van der Waals surface area (Å²) in [5.74, 6) is 0. The lowest BCUT2D eigenvalue weighted by Crippen LogP contribution is -2.11. The van der Waals surface area contributed by atoms with Crippen LogP contribution in [0.3, 0.4) is 0 Å². The quantitative estimate of drug-likeness (QED) is 0.602. The van der Waals surface area contributed by atoms with Gasteiger partial charge >= 0.3 is 0 Å². The summed E-state index contributed by atoms with van der Waals surface area (Å²) in [6.07, 6.45) is 7.65.